The third kappa shape index (κ3) is 1.36. The van der Waals surface area contributed by atoms with Gasteiger partial charge >= 0.3 is 0 Å². The summed E-state index contributed by atoms with van der Waals surface area (Å²) in [6, 6.07) is 4.03. The lowest BCUT2D eigenvalue weighted by Crippen LogP contribution is -2.00. The van der Waals surface area contributed by atoms with Crippen LogP contribution in [0.3, 0.4) is 0 Å². The molecule has 2 nitrogen and oxygen atoms in total. The average molecular weight is 228 g/mol. The van der Waals surface area contributed by atoms with Crippen molar-refractivity contribution < 1.29 is 0 Å². The second kappa shape index (κ2) is 2.79. The Balaban J connectivity index is 2.23. The Hall–Kier alpha value is -0.610. The fraction of sp³-hybridized carbons (Fsp3) is 0. The quantitative estimate of drug-likeness (QED) is 0.660. The van der Waals surface area contributed by atoms with Crippen molar-refractivity contribution in [1.29, 1.82) is 0 Å². The third-order valence-corrected chi connectivity index (χ3v) is 2.55. The van der Waals surface area contributed by atoms with Gasteiger partial charge in [0.15, 0.2) is 4.74 Å². The summed E-state index contributed by atoms with van der Waals surface area (Å²) in [4.78, 5) is 5.14. The van der Waals surface area contributed by atoms with Crippen LogP contribution in [0, 0.1) is 0 Å². The summed E-state index contributed by atoms with van der Waals surface area (Å²) in [5, 5.41) is 6.19. The highest BCUT2D eigenvalue weighted by molar-refractivity contribution is 9.18. The number of thiophene rings is 1. The van der Waals surface area contributed by atoms with E-state index in [-0.39, 0.29) is 0 Å². The Morgan fingerprint density at radius 3 is 2.91 bits per heavy atom. The smallest absolute Gasteiger partial charge is 0.197 e. The topological polar surface area (TPSA) is 26.5 Å². The maximum atomic E-state index is 4.17. The largest absolute Gasteiger partial charge is 0.228 e. The van der Waals surface area contributed by atoms with E-state index in [1.807, 2.05) is 17.5 Å². The van der Waals surface area contributed by atoms with E-state index < -0.39 is 0 Å². The Bertz CT molecular complexity index is 313. The summed E-state index contributed by atoms with van der Waals surface area (Å²) >= 11 is 4.87. The molecule has 0 aliphatic carbocycles. The van der Waals surface area contributed by atoms with Crippen molar-refractivity contribution in [1.82, 2.24) is 5.32 Å². The Morgan fingerprint density at radius 1 is 1.45 bits per heavy atom. The molecule has 11 heavy (non-hydrogen) atoms. The zero-order valence-electron chi connectivity index (χ0n) is 5.49. The molecule has 0 spiro atoms. The van der Waals surface area contributed by atoms with Crippen LogP contribution in [0.1, 0.15) is 4.88 Å². The maximum absolute atomic E-state index is 4.17. The van der Waals surface area contributed by atoms with E-state index in [1.165, 1.54) is 0 Å². The fourth-order valence-corrected chi connectivity index (χ4v) is 1.79. The van der Waals surface area contributed by atoms with Crippen molar-refractivity contribution in [2.24, 2.45) is 4.99 Å². The van der Waals surface area contributed by atoms with Crippen molar-refractivity contribution in [2.75, 3.05) is 0 Å². The second-order valence-corrected chi connectivity index (χ2v) is 3.66. The van der Waals surface area contributed by atoms with Gasteiger partial charge in [-0.3, -0.25) is 0 Å². The molecule has 1 aromatic heterocycles. The van der Waals surface area contributed by atoms with Crippen LogP contribution in [0.25, 0.3) is 5.70 Å². The van der Waals surface area contributed by atoms with Gasteiger partial charge in [-0.15, -0.1) is 11.3 Å². The summed E-state index contributed by atoms with van der Waals surface area (Å²) in [5.41, 5.74) is 0.937. The molecule has 2 rings (SSSR count). The lowest BCUT2D eigenvalue weighted by atomic mass is 10.4. The van der Waals surface area contributed by atoms with Gasteiger partial charge in [0.2, 0.25) is 0 Å². The maximum Gasteiger partial charge on any atom is 0.197 e. The van der Waals surface area contributed by atoms with Crippen LogP contribution in [-0.4, -0.2) is 4.74 Å². The van der Waals surface area contributed by atoms with Crippen LogP contribution in [0.2, 0.25) is 0 Å². The molecule has 0 saturated heterocycles. The summed E-state index contributed by atoms with van der Waals surface area (Å²) in [5.74, 6) is 0. The van der Waals surface area contributed by atoms with E-state index in [0.29, 0.717) is 4.74 Å². The number of amidine groups is 1. The molecule has 4 heteroatoms. The molecule has 1 radical (unpaired) electrons. The molecular formula is C7H4BrN2S. The minimum absolute atomic E-state index is 0.654. The Labute approximate surface area is 76.8 Å². The zero-order valence-corrected chi connectivity index (χ0v) is 7.89. The van der Waals surface area contributed by atoms with Crippen LogP contribution < -0.4 is 5.32 Å². The molecule has 55 valence electrons. The van der Waals surface area contributed by atoms with Gasteiger partial charge in [0.1, 0.15) is 5.70 Å². The SMILES string of the molecule is BrC1=NC=C(c2cccs2)[N]1. The van der Waals surface area contributed by atoms with Crippen molar-refractivity contribution in [3.63, 3.8) is 0 Å². The number of hydrogen-bond acceptors (Lipinski definition) is 2. The van der Waals surface area contributed by atoms with Gasteiger partial charge < -0.3 is 0 Å². The fourth-order valence-electron chi connectivity index (χ4n) is 0.815. The van der Waals surface area contributed by atoms with E-state index in [1.54, 1.807) is 17.5 Å². The molecule has 2 heterocycles. The van der Waals surface area contributed by atoms with Gasteiger partial charge in [-0.25, -0.2) is 10.3 Å². The van der Waals surface area contributed by atoms with Gasteiger partial charge in [0.25, 0.3) is 0 Å². The van der Waals surface area contributed by atoms with Crippen LogP contribution in [-0.2, 0) is 0 Å². The summed E-state index contributed by atoms with van der Waals surface area (Å²) < 4.78 is 0.654. The van der Waals surface area contributed by atoms with Crippen LogP contribution in [0.5, 0.6) is 0 Å². The predicted molar refractivity (Wildman–Crippen MR) is 50.8 cm³/mol. The predicted octanol–water partition coefficient (Wildman–Crippen LogP) is 2.42. The molecule has 0 N–H and O–H groups in total. The lowest BCUT2D eigenvalue weighted by molar-refractivity contribution is 1.37. The molecule has 0 unspecified atom stereocenters. The molecule has 1 aromatic rings. The molecule has 0 saturated carbocycles. The number of aliphatic imine (C=N–C) groups is 1. The number of rotatable bonds is 1. The first-order valence-corrected chi connectivity index (χ1v) is 4.72. The van der Waals surface area contributed by atoms with Crippen molar-refractivity contribution in [3.05, 3.63) is 28.6 Å². The summed E-state index contributed by atoms with van der Waals surface area (Å²) in [6.45, 7) is 0. The molecule has 0 fully saturated rings. The molecule has 0 atom stereocenters. The highest BCUT2D eigenvalue weighted by atomic mass is 79.9. The highest BCUT2D eigenvalue weighted by Crippen LogP contribution is 2.22. The number of hydrogen-bond donors (Lipinski definition) is 0. The van der Waals surface area contributed by atoms with Crippen molar-refractivity contribution >= 4 is 37.7 Å². The average Bonchev–Trinajstić information content (AvgIpc) is 2.55. The van der Waals surface area contributed by atoms with Gasteiger partial charge in [-0.1, -0.05) is 6.07 Å². The van der Waals surface area contributed by atoms with E-state index in [9.17, 15) is 0 Å². The molecule has 0 bridgehead atoms. The number of halogens is 1. The monoisotopic (exact) mass is 227 g/mol. The Kier molecular flexibility index (Phi) is 1.79. The molecular weight excluding hydrogens is 224 g/mol. The van der Waals surface area contributed by atoms with Crippen molar-refractivity contribution in [3.8, 4) is 0 Å². The Morgan fingerprint density at radius 2 is 2.36 bits per heavy atom. The third-order valence-electron chi connectivity index (χ3n) is 1.28. The minimum Gasteiger partial charge on any atom is -0.228 e. The van der Waals surface area contributed by atoms with Gasteiger partial charge in [0.05, 0.1) is 11.1 Å². The summed E-state index contributed by atoms with van der Waals surface area (Å²) in [7, 11) is 0. The van der Waals surface area contributed by atoms with Crippen LogP contribution >= 0.6 is 27.3 Å². The normalized spacial score (nSPS) is 15.7. The van der Waals surface area contributed by atoms with E-state index in [0.717, 1.165) is 10.6 Å². The molecule has 1 aliphatic rings. The first-order chi connectivity index (χ1) is 5.36. The van der Waals surface area contributed by atoms with Gasteiger partial charge in [-0.2, -0.15) is 0 Å². The molecule has 0 aromatic carbocycles. The van der Waals surface area contributed by atoms with E-state index in [2.05, 4.69) is 26.2 Å². The zero-order chi connectivity index (χ0) is 7.68. The minimum atomic E-state index is 0.654. The molecule has 0 amide bonds. The second-order valence-electron chi connectivity index (χ2n) is 2.00. The van der Waals surface area contributed by atoms with E-state index >= 15 is 0 Å². The van der Waals surface area contributed by atoms with Crippen molar-refractivity contribution in [2.45, 2.75) is 0 Å². The standard InChI is InChI=1S/C7H4BrN2S/c8-7-9-4-5(10-7)6-2-1-3-11-6/h1-4H. The molecule has 1 aliphatic heterocycles. The highest BCUT2D eigenvalue weighted by Gasteiger charge is 2.10. The first-order valence-electron chi connectivity index (χ1n) is 3.05. The summed E-state index contributed by atoms with van der Waals surface area (Å²) in [6.07, 6.45) is 1.76. The first kappa shape index (κ1) is 7.06. The lowest BCUT2D eigenvalue weighted by Gasteiger charge is -1.93. The van der Waals surface area contributed by atoms with Crippen LogP contribution in [0.15, 0.2) is 28.7 Å². The number of nitrogens with zero attached hydrogens (tertiary/aromatic N) is 2. The van der Waals surface area contributed by atoms with Crippen LogP contribution in [0.4, 0.5) is 0 Å². The van der Waals surface area contributed by atoms with Gasteiger partial charge in [0, 0.05) is 0 Å². The van der Waals surface area contributed by atoms with Gasteiger partial charge in [-0.05, 0) is 27.4 Å². The van der Waals surface area contributed by atoms with E-state index in [4.69, 9.17) is 0 Å².